The summed E-state index contributed by atoms with van der Waals surface area (Å²) in [5, 5.41) is 16.3. The maximum Gasteiger partial charge on any atom is 0.270 e. The molecule has 0 bridgehead atoms. The van der Waals surface area contributed by atoms with Gasteiger partial charge >= 0.3 is 0 Å². The second kappa shape index (κ2) is 8.59. The van der Waals surface area contributed by atoms with E-state index in [2.05, 4.69) is 36.6 Å². The summed E-state index contributed by atoms with van der Waals surface area (Å²) < 4.78 is 5.11. The van der Waals surface area contributed by atoms with E-state index < -0.39 is 6.10 Å². The average molecular weight is 384 g/mol. The van der Waals surface area contributed by atoms with E-state index in [0.717, 1.165) is 25.2 Å². The summed E-state index contributed by atoms with van der Waals surface area (Å²) in [5.74, 6) is 0.261. The number of β-amino-alcohol motifs (C(OH)–C–C–N with tert-alkyl or cyclic N) is 1. The van der Waals surface area contributed by atoms with Gasteiger partial charge in [-0.3, -0.25) is 14.7 Å². The number of fused-ring (bicyclic) bond motifs is 1. The normalized spacial score (nSPS) is 18.0. The molecule has 2 aliphatic rings. The standard InChI is InChI=1S/C19H24N6O3/c26-15(9-25-5-3-16-13(8-25)2-1-4-20-16)7-21-19(27)17-6-18(23-12-22-17)24-14-10-28-11-14/h1-2,4,6,12,14-15,26H,3,5,7-11H2,(H,21,27)(H,22,23,24). The first-order chi connectivity index (χ1) is 13.7. The Kier molecular flexibility index (Phi) is 5.75. The molecule has 1 atom stereocenters. The van der Waals surface area contributed by atoms with Gasteiger partial charge in [-0.2, -0.15) is 0 Å². The van der Waals surface area contributed by atoms with Gasteiger partial charge in [0.25, 0.3) is 5.91 Å². The van der Waals surface area contributed by atoms with E-state index in [4.69, 9.17) is 4.74 Å². The van der Waals surface area contributed by atoms with E-state index in [1.807, 2.05) is 12.3 Å². The Hall–Kier alpha value is -2.62. The van der Waals surface area contributed by atoms with E-state index in [9.17, 15) is 9.90 Å². The molecule has 1 unspecified atom stereocenters. The minimum Gasteiger partial charge on any atom is -0.390 e. The summed E-state index contributed by atoms with van der Waals surface area (Å²) in [4.78, 5) is 27.0. The quantitative estimate of drug-likeness (QED) is 0.603. The van der Waals surface area contributed by atoms with Gasteiger partial charge in [0.2, 0.25) is 0 Å². The lowest BCUT2D eigenvalue weighted by atomic mass is 10.1. The second-order valence-electron chi connectivity index (χ2n) is 7.13. The Morgan fingerprint density at radius 2 is 2.25 bits per heavy atom. The van der Waals surface area contributed by atoms with Gasteiger partial charge in [-0.15, -0.1) is 0 Å². The summed E-state index contributed by atoms with van der Waals surface area (Å²) in [6.07, 6.45) is 3.38. The second-order valence-corrected chi connectivity index (χ2v) is 7.13. The van der Waals surface area contributed by atoms with Gasteiger partial charge in [0, 0.05) is 50.6 Å². The van der Waals surface area contributed by atoms with Crippen LogP contribution in [0.5, 0.6) is 0 Å². The number of pyridine rings is 1. The maximum atomic E-state index is 12.3. The average Bonchev–Trinajstić information content (AvgIpc) is 2.69. The number of hydrogen-bond donors (Lipinski definition) is 3. The van der Waals surface area contributed by atoms with Crippen molar-refractivity contribution in [1.29, 1.82) is 0 Å². The molecule has 9 heteroatoms. The van der Waals surface area contributed by atoms with Crippen LogP contribution in [-0.2, 0) is 17.7 Å². The van der Waals surface area contributed by atoms with Crippen LogP contribution in [0.15, 0.2) is 30.7 Å². The molecule has 2 aromatic rings. The van der Waals surface area contributed by atoms with Crippen LogP contribution in [0.4, 0.5) is 5.82 Å². The van der Waals surface area contributed by atoms with E-state index in [0.29, 0.717) is 25.6 Å². The fraction of sp³-hybridized carbons (Fsp3) is 0.474. The maximum absolute atomic E-state index is 12.3. The fourth-order valence-corrected chi connectivity index (χ4v) is 3.33. The van der Waals surface area contributed by atoms with Crippen molar-refractivity contribution in [2.45, 2.75) is 25.1 Å². The van der Waals surface area contributed by atoms with Crippen LogP contribution in [0, 0.1) is 0 Å². The van der Waals surface area contributed by atoms with Crippen molar-refractivity contribution >= 4 is 11.7 Å². The summed E-state index contributed by atoms with van der Waals surface area (Å²) in [6.45, 7) is 3.54. The number of aliphatic hydroxyl groups is 1. The Morgan fingerprint density at radius 3 is 3.07 bits per heavy atom. The molecular weight excluding hydrogens is 360 g/mol. The summed E-state index contributed by atoms with van der Waals surface area (Å²) in [6, 6.07) is 5.83. The largest absolute Gasteiger partial charge is 0.390 e. The molecule has 0 aliphatic carbocycles. The van der Waals surface area contributed by atoms with Gasteiger partial charge in [-0.05, 0) is 11.6 Å². The van der Waals surface area contributed by atoms with E-state index in [-0.39, 0.29) is 24.2 Å². The van der Waals surface area contributed by atoms with Crippen molar-refractivity contribution in [3.05, 3.63) is 47.7 Å². The minimum atomic E-state index is -0.659. The first kappa shape index (κ1) is 18.7. The Balaban J connectivity index is 1.25. The van der Waals surface area contributed by atoms with Crippen LogP contribution in [-0.4, -0.2) is 75.9 Å². The zero-order valence-electron chi connectivity index (χ0n) is 15.5. The zero-order valence-corrected chi connectivity index (χ0v) is 15.5. The van der Waals surface area contributed by atoms with Crippen LogP contribution in [0.25, 0.3) is 0 Å². The van der Waals surface area contributed by atoms with Gasteiger partial charge in [-0.25, -0.2) is 9.97 Å². The van der Waals surface area contributed by atoms with Crippen molar-refractivity contribution in [3.63, 3.8) is 0 Å². The van der Waals surface area contributed by atoms with Crippen LogP contribution in [0.1, 0.15) is 21.7 Å². The number of rotatable bonds is 7. The molecular formula is C19H24N6O3. The summed E-state index contributed by atoms with van der Waals surface area (Å²) in [5.41, 5.74) is 2.59. The summed E-state index contributed by atoms with van der Waals surface area (Å²) in [7, 11) is 0. The number of ether oxygens (including phenoxy) is 1. The third kappa shape index (κ3) is 4.61. The van der Waals surface area contributed by atoms with Gasteiger partial charge in [0.15, 0.2) is 0 Å². The van der Waals surface area contributed by atoms with Crippen molar-refractivity contribution in [2.75, 3.05) is 38.2 Å². The third-order valence-corrected chi connectivity index (χ3v) is 4.90. The van der Waals surface area contributed by atoms with Gasteiger partial charge in [0.05, 0.1) is 25.4 Å². The molecule has 28 heavy (non-hydrogen) atoms. The van der Waals surface area contributed by atoms with Gasteiger partial charge in [0.1, 0.15) is 17.8 Å². The molecule has 1 fully saturated rings. The number of aliphatic hydroxyl groups excluding tert-OH is 1. The topological polar surface area (TPSA) is 113 Å². The number of nitrogens with zero attached hydrogens (tertiary/aromatic N) is 4. The van der Waals surface area contributed by atoms with Crippen molar-refractivity contribution in [2.24, 2.45) is 0 Å². The molecule has 4 heterocycles. The zero-order chi connectivity index (χ0) is 19.3. The molecule has 3 N–H and O–H groups in total. The number of carbonyl (C=O) groups excluding carboxylic acids is 1. The number of nitrogens with one attached hydrogen (secondary N) is 2. The lowest BCUT2D eigenvalue weighted by molar-refractivity contribution is 0.0209. The summed E-state index contributed by atoms with van der Waals surface area (Å²) >= 11 is 0. The molecule has 148 valence electrons. The molecule has 9 nitrogen and oxygen atoms in total. The van der Waals surface area contributed by atoms with Crippen molar-refractivity contribution in [3.8, 4) is 0 Å². The first-order valence-electron chi connectivity index (χ1n) is 9.45. The van der Waals surface area contributed by atoms with Crippen molar-refractivity contribution < 1.29 is 14.6 Å². The van der Waals surface area contributed by atoms with Gasteiger partial charge in [-0.1, -0.05) is 6.07 Å². The monoisotopic (exact) mass is 384 g/mol. The predicted octanol–water partition coefficient (Wildman–Crippen LogP) is -0.169. The number of hydrogen-bond acceptors (Lipinski definition) is 8. The molecule has 1 amide bonds. The van der Waals surface area contributed by atoms with E-state index in [1.165, 1.54) is 11.9 Å². The highest BCUT2D eigenvalue weighted by Crippen LogP contribution is 2.16. The SMILES string of the molecule is O=C(NCC(O)CN1CCc2ncccc2C1)c1cc(NC2COC2)ncn1. The van der Waals surface area contributed by atoms with E-state index in [1.54, 1.807) is 6.07 Å². The Labute approximate surface area is 163 Å². The highest BCUT2D eigenvalue weighted by atomic mass is 16.5. The fourth-order valence-electron chi connectivity index (χ4n) is 3.33. The minimum absolute atomic E-state index is 0.165. The van der Waals surface area contributed by atoms with E-state index >= 15 is 0 Å². The molecule has 1 saturated heterocycles. The van der Waals surface area contributed by atoms with Crippen molar-refractivity contribution in [1.82, 2.24) is 25.2 Å². The van der Waals surface area contributed by atoms with Crippen LogP contribution >= 0.6 is 0 Å². The van der Waals surface area contributed by atoms with Crippen LogP contribution < -0.4 is 10.6 Å². The lowest BCUT2D eigenvalue weighted by Crippen LogP contribution is -2.42. The predicted molar refractivity (Wildman–Crippen MR) is 102 cm³/mol. The molecule has 2 aliphatic heterocycles. The highest BCUT2D eigenvalue weighted by molar-refractivity contribution is 5.92. The Morgan fingerprint density at radius 1 is 1.36 bits per heavy atom. The first-order valence-corrected chi connectivity index (χ1v) is 9.45. The van der Waals surface area contributed by atoms with Crippen LogP contribution in [0.2, 0.25) is 0 Å². The molecule has 0 radical (unpaired) electrons. The smallest absolute Gasteiger partial charge is 0.270 e. The number of anilines is 1. The van der Waals surface area contributed by atoms with Gasteiger partial charge < -0.3 is 20.5 Å². The molecule has 0 aromatic carbocycles. The molecule has 2 aromatic heterocycles. The molecule has 0 saturated carbocycles. The third-order valence-electron chi connectivity index (χ3n) is 4.90. The molecule has 4 rings (SSSR count). The lowest BCUT2D eigenvalue weighted by Gasteiger charge is -2.29. The molecule has 0 spiro atoms. The van der Waals surface area contributed by atoms with Crippen LogP contribution in [0.3, 0.4) is 0 Å². The Bertz CT molecular complexity index is 829. The number of aromatic nitrogens is 3. The number of carbonyl (C=O) groups is 1. The number of amides is 1. The highest BCUT2D eigenvalue weighted by Gasteiger charge is 2.21.